The van der Waals surface area contributed by atoms with Crippen LogP contribution in [0.4, 0.5) is 0 Å². The summed E-state index contributed by atoms with van der Waals surface area (Å²) in [4.78, 5) is 11.5. The van der Waals surface area contributed by atoms with Crippen molar-refractivity contribution in [3.8, 4) is 0 Å². The molecular weight excluding hydrogens is 174 g/mol. The molecular formula is C12H19NO. The first-order valence-electron chi connectivity index (χ1n) is 6.08. The second-order valence-electron chi connectivity index (χ2n) is 5.50. The molecule has 0 radical (unpaired) electrons. The molecule has 1 aliphatic heterocycles. The fourth-order valence-electron chi connectivity index (χ4n) is 4.00. The summed E-state index contributed by atoms with van der Waals surface area (Å²) >= 11 is 0. The van der Waals surface area contributed by atoms with E-state index in [1.54, 1.807) is 0 Å². The zero-order valence-corrected chi connectivity index (χ0v) is 8.72. The molecule has 3 fully saturated rings. The van der Waals surface area contributed by atoms with Crippen LogP contribution in [0.2, 0.25) is 0 Å². The van der Waals surface area contributed by atoms with E-state index in [9.17, 15) is 4.79 Å². The monoisotopic (exact) mass is 193 g/mol. The smallest absolute Gasteiger partial charge is 0.223 e. The summed E-state index contributed by atoms with van der Waals surface area (Å²) in [5.41, 5.74) is 0.523. The predicted molar refractivity (Wildman–Crippen MR) is 54.7 cm³/mol. The minimum Gasteiger partial charge on any atom is -0.355 e. The Labute approximate surface area is 85.4 Å². The highest BCUT2D eigenvalue weighted by atomic mass is 16.2. The Morgan fingerprint density at radius 1 is 1.21 bits per heavy atom. The number of hydrogen-bond acceptors (Lipinski definition) is 1. The van der Waals surface area contributed by atoms with Crippen LogP contribution in [0.25, 0.3) is 0 Å². The molecule has 2 nitrogen and oxygen atoms in total. The molecule has 2 unspecified atom stereocenters. The van der Waals surface area contributed by atoms with Crippen LogP contribution in [-0.2, 0) is 4.79 Å². The Bertz CT molecular complexity index is 257. The summed E-state index contributed by atoms with van der Waals surface area (Å²) in [7, 11) is 0. The normalized spacial score (nSPS) is 42.9. The lowest BCUT2D eigenvalue weighted by Gasteiger charge is -2.38. The van der Waals surface area contributed by atoms with Gasteiger partial charge >= 0.3 is 0 Å². The molecule has 0 aromatic heterocycles. The molecule has 2 aliphatic carbocycles. The van der Waals surface area contributed by atoms with Gasteiger partial charge in [0.1, 0.15) is 0 Å². The van der Waals surface area contributed by atoms with E-state index in [2.05, 4.69) is 5.32 Å². The molecule has 3 rings (SSSR count). The minimum absolute atomic E-state index is 0.330. The quantitative estimate of drug-likeness (QED) is 0.679. The lowest BCUT2D eigenvalue weighted by atomic mass is 9.71. The van der Waals surface area contributed by atoms with Gasteiger partial charge in [0, 0.05) is 12.5 Å². The second-order valence-corrected chi connectivity index (χ2v) is 5.50. The molecule has 0 spiro atoms. The number of nitrogens with one attached hydrogen (secondary N) is 1. The minimum atomic E-state index is 0.330. The number of piperidine rings is 1. The van der Waals surface area contributed by atoms with Gasteiger partial charge in [-0.25, -0.2) is 0 Å². The maximum atomic E-state index is 11.5. The molecule has 2 atom stereocenters. The van der Waals surface area contributed by atoms with Gasteiger partial charge in [-0.1, -0.05) is 12.8 Å². The molecule has 14 heavy (non-hydrogen) atoms. The average Bonchev–Trinajstić information content (AvgIpc) is 2.82. The van der Waals surface area contributed by atoms with Crippen LogP contribution in [0, 0.1) is 17.3 Å². The predicted octanol–water partition coefficient (Wildman–Crippen LogP) is 2.09. The summed E-state index contributed by atoms with van der Waals surface area (Å²) in [5.74, 6) is 1.62. The highest BCUT2D eigenvalue weighted by Crippen LogP contribution is 2.53. The van der Waals surface area contributed by atoms with Gasteiger partial charge in [-0.2, -0.15) is 0 Å². The molecule has 1 saturated heterocycles. The van der Waals surface area contributed by atoms with Gasteiger partial charge in [-0.05, 0) is 43.4 Å². The van der Waals surface area contributed by atoms with Crippen molar-refractivity contribution < 1.29 is 4.79 Å². The lowest BCUT2D eigenvalue weighted by molar-refractivity contribution is -0.127. The molecule has 3 aliphatic rings. The Balaban J connectivity index is 1.81. The van der Waals surface area contributed by atoms with Gasteiger partial charge in [0.25, 0.3) is 0 Å². The van der Waals surface area contributed by atoms with Crippen molar-refractivity contribution >= 4 is 5.91 Å². The van der Waals surface area contributed by atoms with Gasteiger partial charge in [-0.15, -0.1) is 0 Å². The van der Waals surface area contributed by atoms with E-state index in [1.807, 2.05) is 0 Å². The Kier molecular flexibility index (Phi) is 1.86. The van der Waals surface area contributed by atoms with E-state index < -0.39 is 0 Å². The number of carbonyl (C=O) groups excluding carboxylic acids is 1. The lowest BCUT2D eigenvalue weighted by Crippen LogP contribution is -2.46. The summed E-state index contributed by atoms with van der Waals surface area (Å²) in [6, 6.07) is 0. The van der Waals surface area contributed by atoms with Crippen LogP contribution >= 0.6 is 0 Å². The number of amides is 1. The highest BCUT2D eigenvalue weighted by molar-refractivity contribution is 5.80. The Morgan fingerprint density at radius 2 is 2.00 bits per heavy atom. The molecule has 2 bridgehead atoms. The van der Waals surface area contributed by atoms with Gasteiger partial charge < -0.3 is 5.32 Å². The van der Waals surface area contributed by atoms with Crippen molar-refractivity contribution in [2.45, 2.75) is 44.9 Å². The Hall–Kier alpha value is -0.530. The van der Waals surface area contributed by atoms with Crippen molar-refractivity contribution in [1.29, 1.82) is 0 Å². The first-order chi connectivity index (χ1) is 6.80. The fraction of sp³-hybridized carbons (Fsp3) is 0.917. The zero-order valence-electron chi connectivity index (χ0n) is 8.72. The SMILES string of the molecule is O=C1NCC2(C3CCCC3)CCC1C2. The third-order valence-electron chi connectivity index (χ3n) is 4.85. The van der Waals surface area contributed by atoms with E-state index in [0.29, 0.717) is 17.2 Å². The van der Waals surface area contributed by atoms with Crippen LogP contribution in [0.15, 0.2) is 0 Å². The molecule has 1 amide bonds. The summed E-state index contributed by atoms with van der Waals surface area (Å²) in [6.07, 6.45) is 9.34. The topological polar surface area (TPSA) is 29.1 Å². The number of rotatable bonds is 1. The molecule has 1 heterocycles. The van der Waals surface area contributed by atoms with E-state index in [4.69, 9.17) is 0 Å². The van der Waals surface area contributed by atoms with E-state index in [-0.39, 0.29) is 0 Å². The zero-order chi connectivity index (χ0) is 9.60. The van der Waals surface area contributed by atoms with Crippen molar-refractivity contribution in [3.63, 3.8) is 0 Å². The van der Waals surface area contributed by atoms with Crippen LogP contribution in [-0.4, -0.2) is 12.5 Å². The molecule has 0 aromatic rings. The summed E-state index contributed by atoms with van der Waals surface area (Å²) in [5, 5.41) is 3.12. The van der Waals surface area contributed by atoms with Crippen molar-refractivity contribution in [1.82, 2.24) is 5.32 Å². The maximum Gasteiger partial charge on any atom is 0.223 e. The largest absolute Gasteiger partial charge is 0.355 e. The average molecular weight is 193 g/mol. The van der Waals surface area contributed by atoms with E-state index in [1.165, 1.54) is 38.5 Å². The summed E-state index contributed by atoms with van der Waals surface area (Å²) < 4.78 is 0. The Morgan fingerprint density at radius 3 is 2.79 bits per heavy atom. The van der Waals surface area contributed by atoms with E-state index in [0.717, 1.165) is 18.9 Å². The van der Waals surface area contributed by atoms with Crippen LogP contribution < -0.4 is 5.32 Å². The number of carbonyl (C=O) groups is 1. The van der Waals surface area contributed by atoms with Crippen LogP contribution in [0.1, 0.15) is 44.9 Å². The van der Waals surface area contributed by atoms with Crippen LogP contribution in [0.3, 0.4) is 0 Å². The standard InChI is InChI=1S/C12H19NO/c14-11-9-5-6-12(7-9,8-13-11)10-3-1-2-4-10/h9-10H,1-8H2,(H,13,14). The maximum absolute atomic E-state index is 11.5. The number of hydrogen-bond donors (Lipinski definition) is 1. The van der Waals surface area contributed by atoms with Gasteiger partial charge in [-0.3, -0.25) is 4.79 Å². The molecule has 0 aromatic carbocycles. The van der Waals surface area contributed by atoms with Crippen molar-refractivity contribution in [3.05, 3.63) is 0 Å². The first kappa shape index (κ1) is 8.75. The van der Waals surface area contributed by atoms with Crippen molar-refractivity contribution in [2.75, 3.05) is 6.54 Å². The molecule has 1 N–H and O–H groups in total. The highest BCUT2D eigenvalue weighted by Gasteiger charge is 2.50. The number of fused-ring (bicyclic) bond motifs is 2. The van der Waals surface area contributed by atoms with Gasteiger partial charge in [0.15, 0.2) is 0 Å². The van der Waals surface area contributed by atoms with Gasteiger partial charge in [0.2, 0.25) is 5.91 Å². The van der Waals surface area contributed by atoms with E-state index >= 15 is 0 Å². The fourth-order valence-corrected chi connectivity index (χ4v) is 4.00. The van der Waals surface area contributed by atoms with Gasteiger partial charge in [0.05, 0.1) is 0 Å². The molecule has 2 heteroatoms. The molecule has 78 valence electrons. The summed E-state index contributed by atoms with van der Waals surface area (Å²) in [6.45, 7) is 0.979. The van der Waals surface area contributed by atoms with Crippen molar-refractivity contribution in [2.24, 2.45) is 17.3 Å². The second kappa shape index (κ2) is 2.98. The third-order valence-corrected chi connectivity index (χ3v) is 4.85. The third kappa shape index (κ3) is 1.12. The molecule has 2 saturated carbocycles. The first-order valence-corrected chi connectivity index (χ1v) is 6.08. The van der Waals surface area contributed by atoms with Crippen LogP contribution in [0.5, 0.6) is 0 Å².